The first-order valence-corrected chi connectivity index (χ1v) is 13.8. The molecule has 7 nitrogen and oxygen atoms in total. The van der Waals surface area contributed by atoms with Gasteiger partial charge in [0.15, 0.2) is 11.5 Å². The van der Waals surface area contributed by atoms with Crippen molar-refractivity contribution in [3.8, 4) is 11.5 Å². The molecule has 1 amide bonds. The lowest BCUT2D eigenvalue weighted by molar-refractivity contribution is -0.192. The van der Waals surface area contributed by atoms with Crippen LogP contribution in [0.4, 0.5) is 0 Å². The Bertz CT molecular complexity index is 1440. The summed E-state index contributed by atoms with van der Waals surface area (Å²) in [5.74, 6) is 1.37. The van der Waals surface area contributed by atoms with Crippen molar-refractivity contribution in [2.24, 2.45) is 5.92 Å². The predicted octanol–water partition coefficient (Wildman–Crippen LogP) is 3.59. The fourth-order valence-corrected chi connectivity index (χ4v) is 8.34. The van der Waals surface area contributed by atoms with Crippen molar-refractivity contribution in [1.82, 2.24) is 15.2 Å². The number of amides is 1. The van der Waals surface area contributed by atoms with Gasteiger partial charge in [0.05, 0.1) is 23.5 Å². The monoisotopic (exact) mass is 535 g/mol. The van der Waals surface area contributed by atoms with Gasteiger partial charge in [-0.3, -0.25) is 9.69 Å². The Labute approximate surface area is 228 Å². The van der Waals surface area contributed by atoms with Gasteiger partial charge in [-0.05, 0) is 74.2 Å². The van der Waals surface area contributed by atoms with Crippen LogP contribution in [0, 0.1) is 5.92 Å². The number of hydrogen-bond donors (Lipinski definition) is 4. The van der Waals surface area contributed by atoms with Crippen LogP contribution in [0.5, 0.6) is 11.5 Å². The molecule has 8 rings (SSSR count). The lowest BCUT2D eigenvalue weighted by Crippen LogP contribution is -2.78. The van der Waals surface area contributed by atoms with E-state index in [1.165, 1.54) is 18.4 Å². The molecule has 3 fully saturated rings. The number of aromatic amines is 1. The van der Waals surface area contributed by atoms with E-state index in [2.05, 4.69) is 15.2 Å². The second-order valence-electron chi connectivity index (χ2n) is 12.0. The number of H-pyrrole nitrogens is 1. The van der Waals surface area contributed by atoms with Crippen molar-refractivity contribution in [3.63, 3.8) is 0 Å². The molecule has 2 aromatic carbocycles. The zero-order valence-corrected chi connectivity index (χ0v) is 22.1. The SMILES string of the molecule is Cl.O=C(Cc1c[nH]c2ccccc12)N[C@@H]1CC[C@@]2(O)[C@H]3Cc4ccc(O)c5c4[C@@]2(CCN3CC2CC2)[C@H]1O5. The number of phenolic OH excluding ortho intramolecular Hbond substituents is 1. The Morgan fingerprint density at radius 3 is 2.84 bits per heavy atom. The number of nitrogens with zero attached hydrogens (tertiary/aromatic N) is 1. The van der Waals surface area contributed by atoms with Gasteiger partial charge in [-0.1, -0.05) is 24.3 Å². The highest BCUT2D eigenvalue weighted by Gasteiger charge is 2.73. The van der Waals surface area contributed by atoms with Crippen molar-refractivity contribution in [1.29, 1.82) is 0 Å². The van der Waals surface area contributed by atoms with Gasteiger partial charge in [-0.25, -0.2) is 0 Å². The topological polar surface area (TPSA) is 97.8 Å². The lowest BCUT2D eigenvalue weighted by Gasteiger charge is -2.64. The molecule has 4 N–H and O–H groups in total. The number of likely N-dealkylation sites (tertiary alicyclic amines) is 1. The Balaban J connectivity index is 0.00000242. The van der Waals surface area contributed by atoms with Crippen LogP contribution in [0.25, 0.3) is 10.9 Å². The molecular formula is C30H34ClN3O4. The number of fused-ring (bicyclic) bond motifs is 1. The third-order valence-corrected chi connectivity index (χ3v) is 10.1. The van der Waals surface area contributed by atoms with Gasteiger partial charge < -0.3 is 25.3 Å². The molecule has 8 heteroatoms. The fourth-order valence-electron chi connectivity index (χ4n) is 8.34. The third kappa shape index (κ3) is 3.18. The van der Waals surface area contributed by atoms with E-state index in [9.17, 15) is 15.0 Å². The molecule has 1 spiro atoms. The van der Waals surface area contributed by atoms with Gasteiger partial charge in [0.1, 0.15) is 6.10 Å². The number of para-hydroxylation sites is 1. The molecule has 1 saturated heterocycles. The van der Waals surface area contributed by atoms with Crippen LogP contribution in [-0.2, 0) is 23.1 Å². The standard InChI is InChI=1S/C30H33N3O4.ClH/c34-23-8-7-18-13-24-30(36)10-9-22(32-25(35)14-19-15-31-21-4-2-1-3-20(19)21)28-29(30,26(18)27(23)37-28)11-12-33(24)16-17-5-6-17;/h1-4,7-8,15,17,22,24,28,31,34,36H,5-6,9-14,16H2,(H,32,35);1H/t22-,24-,28+,29+,30-;/m1./s1. The molecular weight excluding hydrogens is 502 g/mol. The minimum atomic E-state index is -0.936. The van der Waals surface area contributed by atoms with Gasteiger partial charge in [0.2, 0.25) is 5.91 Å². The van der Waals surface area contributed by atoms with E-state index < -0.39 is 17.1 Å². The zero-order chi connectivity index (χ0) is 24.9. The third-order valence-electron chi connectivity index (χ3n) is 10.1. The second-order valence-corrected chi connectivity index (χ2v) is 12.0. The fraction of sp³-hybridized carbons (Fsp3) is 0.500. The molecule has 3 aliphatic carbocycles. The number of aromatic nitrogens is 1. The number of aromatic hydroxyl groups is 1. The molecule has 3 heterocycles. The first-order chi connectivity index (χ1) is 18.0. The highest BCUT2D eigenvalue weighted by Crippen LogP contribution is 2.65. The molecule has 2 aliphatic heterocycles. The summed E-state index contributed by atoms with van der Waals surface area (Å²) in [5.41, 5.74) is 2.62. The molecule has 5 aliphatic rings. The van der Waals surface area contributed by atoms with Crippen LogP contribution >= 0.6 is 12.4 Å². The molecule has 1 aromatic heterocycles. The summed E-state index contributed by atoms with van der Waals surface area (Å²) >= 11 is 0. The van der Waals surface area contributed by atoms with Gasteiger partial charge in [-0.15, -0.1) is 12.4 Å². The van der Waals surface area contributed by atoms with Crippen LogP contribution in [-0.4, -0.2) is 62.9 Å². The number of nitrogens with one attached hydrogen (secondary N) is 2. The molecule has 0 radical (unpaired) electrons. The number of ether oxygens (including phenoxy) is 1. The van der Waals surface area contributed by atoms with Crippen LogP contribution in [0.3, 0.4) is 0 Å². The van der Waals surface area contributed by atoms with Crippen LogP contribution in [0.2, 0.25) is 0 Å². The van der Waals surface area contributed by atoms with Crippen LogP contribution < -0.4 is 10.1 Å². The second kappa shape index (κ2) is 8.38. The van der Waals surface area contributed by atoms with E-state index in [-0.39, 0.29) is 42.6 Å². The highest BCUT2D eigenvalue weighted by molar-refractivity contribution is 5.89. The van der Waals surface area contributed by atoms with Crippen molar-refractivity contribution in [3.05, 3.63) is 59.3 Å². The smallest absolute Gasteiger partial charge is 0.224 e. The summed E-state index contributed by atoms with van der Waals surface area (Å²) in [6.45, 7) is 1.97. The Hall–Kier alpha value is -2.74. The first kappa shape index (κ1) is 24.3. The minimum Gasteiger partial charge on any atom is -0.504 e. The number of benzene rings is 2. The number of piperidine rings is 1. The van der Waals surface area contributed by atoms with E-state index in [1.54, 1.807) is 6.07 Å². The maximum Gasteiger partial charge on any atom is 0.224 e. The number of phenols is 1. The summed E-state index contributed by atoms with van der Waals surface area (Å²) < 4.78 is 6.57. The minimum absolute atomic E-state index is 0. The normalized spacial score (nSPS) is 32.8. The van der Waals surface area contributed by atoms with Gasteiger partial charge in [0, 0.05) is 35.2 Å². The van der Waals surface area contributed by atoms with Gasteiger partial charge in [0.25, 0.3) is 0 Å². The number of aliphatic hydroxyl groups is 1. The van der Waals surface area contributed by atoms with Crippen LogP contribution in [0.1, 0.15) is 48.8 Å². The maximum absolute atomic E-state index is 13.3. The predicted molar refractivity (Wildman–Crippen MR) is 146 cm³/mol. The summed E-state index contributed by atoms with van der Waals surface area (Å²) in [7, 11) is 0. The van der Waals surface area contributed by atoms with E-state index in [4.69, 9.17) is 4.74 Å². The Morgan fingerprint density at radius 1 is 1.16 bits per heavy atom. The van der Waals surface area contributed by atoms with E-state index >= 15 is 0 Å². The number of halogens is 1. The van der Waals surface area contributed by atoms with Gasteiger partial charge >= 0.3 is 0 Å². The van der Waals surface area contributed by atoms with Crippen molar-refractivity contribution in [2.75, 3.05) is 13.1 Å². The van der Waals surface area contributed by atoms with E-state index in [0.29, 0.717) is 18.6 Å². The maximum atomic E-state index is 13.3. The van der Waals surface area contributed by atoms with Crippen molar-refractivity contribution in [2.45, 2.75) is 74.1 Å². The molecule has 38 heavy (non-hydrogen) atoms. The summed E-state index contributed by atoms with van der Waals surface area (Å²) in [4.78, 5) is 19.1. The quantitative estimate of drug-likeness (QED) is 0.400. The number of rotatable bonds is 5. The number of hydrogen-bond acceptors (Lipinski definition) is 5. The highest BCUT2D eigenvalue weighted by atomic mass is 35.5. The molecule has 5 atom stereocenters. The number of carbonyl (C=O) groups excluding carboxylic acids is 1. The molecule has 2 saturated carbocycles. The van der Waals surface area contributed by atoms with Gasteiger partial charge in [-0.2, -0.15) is 0 Å². The summed E-state index contributed by atoms with van der Waals surface area (Å²) in [5, 5.41) is 27.7. The zero-order valence-electron chi connectivity index (χ0n) is 21.3. The van der Waals surface area contributed by atoms with Crippen LogP contribution in [0.15, 0.2) is 42.6 Å². The largest absolute Gasteiger partial charge is 0.504 e. The Kier molecular flexibility index (Phi) is 5.36. The summed E-state index contributed by atoms with van der Waals surface area (Å²) in [6, 6.07) is 11.6. The van der Waals surface area contributed by atoms with E-state index in [0.717, 1.165) is 53.9 Å². The van der Waals surface area contributed by atoms with Crippen molar-refractivity contribution >= 4 is 29.2 Å². The molecule has 200 valence electrons. The molecule has 3 aromatic rings. The number of carbonyl (C=O) groups is 1. The summed E-state index contributed by atoms with van der Waals surface area (Å²) in [6.07, 6.45) is 7.20. The van der Waals surface area contributed by atoms with Crippen molar-refractivity contribution < 1.29 is 19.7 Å². The van der Waals surface area contributed by atoms with E-state index in [1.807, 2.05) is 36.5 Å². The molecule has 2 bridgehead atoms. The first-order valence-electron chi connectivity index (χ1n) is 13.8. The Morgan fingerprint density at radius 2 is 2.00 bits per heavy atom. The lowest BCUT2D eigenvalue weighted by atomic mass is 9.48. The average molecular weight is 536 g/mol. The molecule has 0 unspecified atom stereocenters. The average Bonchev–Trinajstić information content (AvgIpc) is 3.50.